The fourth-order valence-corrected chi connectivity index (χ4v) is 7.98. The van der Waals surface area contributed by atoms with Crippen molar-refractivity contribution in [3.8, 4) is 11.1 Å². The first kappa shape index (κ1) is 40.9. The Balaban J connectivity index is 0.000000136. The Labute approximate surface area is 346 Å². The van der Waals surface area contributed by atoms with E-state index in [0.717, 1.165) is 56.4 Å². The molecule has 7 heterocycles. The van der Waals surface area contributed by atoms with Gasteiger partial charge in [-0.15, -0.1) is 0 Å². The molecule has 0 aliphatic carbocycles. The number of hydrogen-bond donors (Lipinski definition) is 2. The van der Waals surface area contributed by atoms with Crippen LogP contribution in [0.25, 0.3) is 11.1 Å². The lowest BCUT2D eigenvalue weighted by Gasteiger charge is -2.32. The number of hydrogen-bond acceptors (Lipinski definition) is 10. The molecule has 0 bridgehead atoms. The van der Waals surface area contributed by atoms with Crippen molar-refractivity contribution < 1.29 is 38.0 Å². The van der Waals surface area contributed by atoms with Gasteiger partial charge in [0.05, 0.1) is 47.8 Å². The number of carbonyl (C=O) groups excluding carboxylic acids is 4. The van der Waals surface area contributed by atoms with Crippen molar-refractivity contribution in [1.82, 2.24) is 20.6 Å². The highest BCUT2D eigenvalue weighted by Crippen LogP contribution is 2.42. The van der Waals surface area contributed by atoms with E-state index >= 15 is 0 Å². The maximum atomic E-state index is 12.2. The van der Waals surface area contributed by atoms with Crippen molar-refractivity contribution >= 4 is 63.9 Å². The van der Waals surface area contributed by atoms with Crippen LogP contribution in [0.4, 0.5) is 21.0 Å². The first-order valence-electron chi connectivity index (χ1n) is 19.2. The lowest BCUT2D eigenvalue weighted by Crippen LogP contribution is -2.41. The minimum atomic E-state index is -0.344. The van der Waals surface area contributed by atoms with E-state index in [2.05, 4.69) is 42.6 Å². The maximum Gasteiger partial charge on any atom is 0.496 e. The number of cyclic esters (lactones) is 2. The molecule has 2 N–H and O–H groups in total. The summed E-state index contributed by atoms with van der Waals surface area (Å²) in [6.45, 7) is 11.8. The molecule has 302 valence electrons. The normalized spacial score (nSPS) is 22.6. The molecular formula is C42H46BBrN6O8. The molecule has 4 atom stereocenters. The highest BCUT2D eigenvalue weighted by atomic mass is 79.9. The van der Waals surface area contributed by atoms with Crippen molar-refractivity contribution in [1.29, 1.82) is 0 Å². The fourth-order valence-electron chi connectivity index (χ4n) is 7.57. The summed E-state index contributed by atoms with van der Waals surface area (Å²) >= 11 is 3.43. The molecule has 5 aliphatic rings. The number of halogens is 1. The maximum absolute atomic E-state index is 12.2. The van der Waals surface area contributed by atoms with E-state index in [-0.39, 0.29) is 66.6 Å². The minimum absolute atomic E-state index is 0.0244. The van der Waals surface area contributed by atoms with E-state index in [1.165, 1.54) is 13.8 Å². The van der Waals surface area contributed by atoms with Crippen molar-refractivity contribution in [3.63, 3.8) is 0 Å². The molecule has 0 spiro atoms. The van der Waals surface area contributed by atoms with Crippen LogP contribution in [0.1, 0.15) is 52.7 Å². The summed E-state index contributed by atoms with van der Waals surface area (Å²) in [5, 5.41) is 5.44. The van der Waals surface area contributed by atoms with Gasteiger partial charge < -0.3 is 29.4 Å². The number of fused-ring (bicyclic) bond motifs is 6. The molecule has 0 radical (unpaired) electrons. The van der Waals surface area contributed by atoms with Gasteiger partial charge in [-0.05, 0) is 105 Å². The highest BCUT2D eigenvalue weighted by molar-refractivity contribution is 9.10. The number of aromatic nitrogens is 2. The van der Waals surface area contributed by atoms with Gasteiger partial charge in [0.2, 0.25) is 11.8 Å². The summed E-state index contributed by atoms with van der Waals surface area (Å²) < 4.78 is 23.5. The lowest BCUT2D eigenvalue weighted by molar-refractivity contribution is -0.120. The Hall–Kier alpha value is -5.32. The number of benzene rings is 2. The predicted molar refractivity (Wildman–Crippen MR) is 222 cm³/mol. The van der Waals surface area contributed by atoms with E-state index < -0.39 is 0 Å². The van der Waals surface area contributed by atoms with Gasteiger partial charge in [0.1, 0.15) is 12.2 Å². The molecule has 3 fully saturated rings. The van der Waals surface area contributed by atoms with Crippen LogP contribution in [0.3, 0.4) is 0 Å². The van der Waals surface area contributed by atoms with Crippen LogP contribution in [0.15, 0.2) is 89.9 Å². The van der Waals surface area contributed by atoms with Gasteiger partial charge in [-0.2, -0.15) is 0 Å². The topological polar surface area (TPSA) is 162 Å². The van der Waals surface area contributed by atoms with Crippen molar-refractivity contribution in [2.24, 2.45) is 0 Å². The largest absolute Gasteiger partial charge is 0.496 e. The van der Waals surface area contributed by atoms with Crippen molar-refractivity contribution in [3.05, 3.63) is 101 Å². The summed E-state index contributed by atoms with van der Waals surface area (Å²) in [5.74, 6) is -0.244. The molecule has 4 aromatic rings. The van der Waals surface area contributed by atoms with Crippen LogP contribution < -0.4 is 25.9 Å². The average molecular weight is 854 g/mol. The number of rotatable bonds is 6. The van der Waals surface area contributed by atoms with Gasteiger partial charge in [0.25, 0.3) is 0 Å². The zero-order valence-corrected chi connectivity index (χ0v) is 34.8. The monoisotopic (exact) mass is 852 g/mol. The van der Waals surface area contributed by atoms with E-state index in [9.17, 15) is 19.2 Å². The Kier molecular flexibility index (Phi) is 11.6. The molecule has 0 saturated carbocycles. The molecule has 9 rings (SSSR count). The zero-order valence-electron chi connectivity index (χ0n) is 33.2. The molecule has 2 aromatic carbocycles. The third-order valence-electron chi connectivity index (χ3n) is 11.2. The fraction of sp³-hybridized carbons (Fsp3) is 0.381. The third kappa shape index (κ3) is 8.45. The second-order valence-electron chi connectivity index (χ2n) is 15.7. The van der Waals surface area contributed by atoms with Gasteiger partial charge >= 0.3 is 19.3 Å². The smallest absolute Gasteiger partial charge is 0.442 e. The van der Waals surface area contributed by atoms with Crippen LogP contribution in [0.2, 0.25) is 0 Å². The van der Waals surface area contributed by atoms with Gasteiger partial charge in [-0.3, -0.25) is 29.4 Å². The molecular weight excluding hydrogens is 807 g/mol. The van der Waals surface area contributed by atoms with Gasteiger partial charge in [-0.25, -0.2) is 9.59 Å². The second-order valence-corrected chi connectivity index (χ2v) is 16.7. The summed E-state index contributed by atoms with van der Waals surface area (Å²) in [6.07, 6.45) is 7.28. The molecule has 16 heteroatoms. The van der Waals surface area contributed by atoms with E-state index in [1.807, 2.05) is 88.5 Å². The molecule has 4 amide bonds. The van der Waals surface area contributed by atoms with Gasteiger partial charge in [-0.1, -0.05) is 34.1 Å². The van der Waals surface area contributed by atoms with E-state index in [4.69, 9.17) is 18.8 Å². The standard InChI is InChI=1S/C18H17N3O3.C13H13BrN2O3.C11H16BNO2/c1-11(22)20-10-17-16-8-14-7-12(13-3-2-6-19-9-13)4-5-15(14)21(16)18(23)24-17;1-7(17)15-6-12-11-5-8-4-9(14)2-3-10(8)16(11)13(18)19-12;1-10(2)11(3,4)15-12(14-10)9-6-5-7-13-8-9/h2-7,9,16-17H,8,10H2,1H3,(H,20,22);2-4,11-12H,5-6H2,1H3,(H,15,17);5-8H,1-4H3/t16-,17+;11-,12+;/m11./s1. The SMILES string of the molecule is CC(=O)NC[C@@H]1OC(=O)N2c3ccc(-c4cccnc4)cc3C[C@H]12.CC(=O)NC[C@@H]1OC(=O)N2c3ccc(Br)cc3C[C@H]12.CC1(C)OB(c2cccnc2)OC1(C)C. The lowest BCUT2D eigenvalue weighted by atomic mass is 9.80. The third-order valence-corrected chi connectivity index (χ3v) is 11.7. The highest BCUT2D eigenvalue weighted by Gasteiger charge is 2.52. The average Bonchev–Trinajstić information content (AvgIpc) is 3.96. The quantitative estimate of drug-likeness (QED) is 0.242. The van der Waals surface area contributed by atoms with Crippen LogP contribution in [0.5, 0.6) is 0 Å². The Morgan fingerprint density at radius 2 is 1.26 bits per heavy atom. The number of anilines is 2. The first-order valence-corrected chi connectivity index (χ1v) is 20.0. The number of nitrogens with zero attached hydrogens (tertiary/aromatic N) is 4. The molecule has 58 heavy (non-hydrogen) atoms. The number of nitrogens with one attached hydrogen (secondary N) is 2. The van der Waals surface area contributed by atoms with Crippen LogP contribution in [-0.2, 0) is 41.2 Å². The molecule has 2 aromatic heterocycles. The van der Waals surface area contributed by atoms with Crippen molar-refractivity contribution in [2.75, 3.05) is 22.9 Å². The minimum Gasteiger partial charge on any atom is -0.442 e. The molecule has 3 saturated heterocycles. The Bertz CT molecular complexity index is 2180. The summed E-state index contributed by atoms with van der Waals surface area (Å²) in [6, 6.07) is 19.6. The zero-order chi connectivity index (χ0) is 41.4. The van der Waals surface area contributed by atoms with E-state index in [1.54, 1.807) is 28.4 Å². The number of amides is 4. The number of carbonyl (C=O) groups is 4. The van der Waals surface area contributed by atoms with Crippen LogP contribution in [-0.4, -0.2) is 89.7 Å². The molecule has 14 nitrogen and oxygen atoms in total. The van der Waals surface area contributed by atoms with Crippen LogP contribution >= 0.6 is 15.9 Å². The molecule has 0 unspecified atom stereocenters. The predicted octanol–water partition coefficient (Wildman–Crippen LogP) is 5.35. The first-order chi connectivity index (χ1) is 27.6. The number of ether oxygens (including phenoxy) is 2. The Morgan fingerprint density at radius 1 is 0.741 bits per heavy atom. The van der Waals surface area contributed by atoms with Crippen LogP contribution in [0, 0.1) is 0 Å². The van der Waals surface area contributed by atoms with Crippen molar-refractivity contribution in [2.45, 2.75) is 89.9 Å². The van der Waals surface area contributed by atoms with E-state index in [0.29, 0.717) is 13.1 Å². The Morgan fingerprint density at radius 3 is 1.76 bits per heavy atom. The van der Waals surface area contributed by atoms with Gasteiger partial charge in [0, 0.05) is 48.6 Å². The number of pyridine rings is 2. The summed E-state index contributed by atoms with van der Waals surface area (Å²) in [4.78, 5) is 57.8. The summed E-state index contributed by atoms with van der Waals surface area (Å²) in [7, 11) is -0.302. The van der Waals surface area contributed by atoms with Gasteiger partial charge in [0.15, 0.2) is 0 Å². The second kappa shape index (κ2) is 16.5. The summed E-state index contributed by atoms with van der Waals surface area (Å²) in [5.41, 5.74) is 6.57. The molecule has 5 aliphatic heterocycles.